The Bertz CT molecular complexity index is 149. The van der Waals surface area contributed by atoms with Crippen molar-refractivity contribution in [3.8, 4) is 0 Å². The fraction of sp³-hybridized carbons (Fsp3) is 1.00. The van der Waals surface area contributed by atoms with E-state index in [1.807, 2.05) is 0 Å². The van der Waals surface area contributed by atoms with E-state index in [2.05, 4.69) is 15.9 Å². The molecule has 0 aromatic carbocycles. The lowest BCUT2D eigenvalue weighted by Crippen LogP contribution is -2.63. The predicted octanol–water partition coefficient (Wildman–Crippen LogP) is 2.43. The molecule has 0 saturated heterocycles. The molecule has 0 spiro atoms. The van der Waals surface area contributed by atoms with Crippen molar-refractivity contribution in [2.75, 3.05) is 0 Å². The summed E-state index contributed by atoms with van der Waals surface area (Å²) in [6, 6.07) is 0. The number of halogens is 1. The minimum atomic E-state index is 0.920. The van der Waals surface area contributed by atoms with Crippen molar-refractivity contribution in [2.45, 2.75) is 24.1 Å². The molecule has 9 heavy (non-hydrogen) atoms. The van der Waals surface area contributed by atoms with Crippen LogP contribution in [0.4, 0.5) is 0 Å². The highest BCUT2D eigenvalue weighted by Gasteiger charge is 2.62. The van der Waals surface area contributed by atoms with Crippen molar-refractivity contribution in [1.29, 1.82) is 0 Å². The Morgan fingerprint density at radius 1 is 1.00 bits per heavy atom. The molecule has 3 saturated carbocycles. The second kappa shape index (κ2) is 1.39. The number of rotatable bonds is 0. The first kappa shape index (κ1) is 5.17. The molecule has 3 rings (SSSR count). The standard InChI is InChI=1S/C8H11Br/c9-7-3-6-4-1-2-5(4)8(6)7/h4-8H,1-3H2. The molecule has 3 fully saturated rings. The van der Waals surface area contributed by atoms with E-state index in [4.69, 9.17) is 0 Å². The van der Waals surface area contributed by atoms with E-state index in [1.165, 1.54) is 24.2 Å². The SMILES string of the molecule is BrC1CC2C3CCC3C12. The highest BCUT2D eigenvalue weighted by molar-refractivity contribution is 9.09. The molecule has 0 aromatic heterocycles. The van der Waals surface area contributed by atoms with Crippen LogP contribution in [0.1, 0.15) is 19.3 Å². The van der Waals surface area contributed by atoms with Crippen LogP contribution in [0.2, 0.25) is 0 Å². The fourth-order valence-corrected chi connectivity index (χ4v) is 4.32. The molecular formula is C8H11Br. The van der Waals surface area contributed by atoms with Gasteiger partial charge in [-0.2, -0.15) is 0 Å². The summed E-state index contributed by atoms with van der Waals surface area (Å²) in [6.07, 6.45) is 4.60. The van der Waals surface area contributed by atoms with Crippen molar-refractivity contribution in [2.24, 2.45) is 23.7 Å². The lowest BCUT2D eigenvalue weighted by Gasteiger charge is -2.68. The van der Waals surface area contributed by atoms with E-state index in [1.54, 1.807) is 12.8 Å². The smallest absolute Gasteiger partial charge is 0.0182 e. The number of fused-ring (bicyclic) bond motifs is 4. The zero-order valence-electron chi connectivity index (χ0n) is 5.39. The first-order chi connectivity index (χ1) is 4.38. The molecule has 0 bridgehead atoms. The fourth-order valence-electron chi connectivity index (χ4n) is 3.11. The van der Waals surface area contributed by atoms with Gasteiger partial charge in [0.15, 0.2) is 0 Å². The normalized spacial score (nSPS) is 68.3. The third-order valence-corrected chi connectivity index (χ3v) is 4.82. The molecule has 0 aromatic rings. The van der Waals surface area contributed by atoms with Crippen molar-refractivity contribution in [3.63, 3.8) is 0 Å². The van der Waals surface area contributed by atoms with Gasteiger partial charge in [-0.3, -0.25) is 0 Å². The summed E-state index contributed by atoms with van der Waals surface area (Å²) < 4.78 is 0. The minimum Gasteiger partial charge on any atom is -0.0887 e. The Balaban J connectivity index is 1.82. The van der Waals surface area contributed by atoms with Gasteiger partial charge in [0, 0.05) is 4.83 Å². The highest BCUT2D eigenvalue weighted by atomic mass is 79.9. The van der Waals surface area contributed by atoms with E-state index in [-0.39, 0.29) is 0 Å². The van der Waals surface area contributed by atoms with Crippen LogP contribution in [0.3, 0.4) is 0 Å². The van der Waals surface area contributed by atoms with Gasteiger partial charge in [0.1, 0.15) is 0 Å². The van der Waals surface area contributed by atoms with Crippen LogP contribution in [-0.2, 0) is 0 Å². The third kappa shape index (κ3) is 0.410. The summed E-state index contributed by atoms with van der Waals surface area (Å²) in [5.74, 6) is 4.67. The maximum absolute atomic E-state index is 3.72. The Labute approximate surface area is 64.1 Å². The Morgan fingerprint density at radius 3 is 2.11 bits per heavy atom. The first-order valence-electron chi connectivity index (χ1n) is 4.02. The number of alkyl halides is 1. The molecule has 3 aliphatic carbocycles. The van der Waals surface area contributed by atoms with E-state index >= 15 is 0 Å². The molecule has 0 N–H and O–H groups in total. The summed E-state index contributed by atoms with van der Waals surface area (Å²) in [5.41, 5.74) is 0. The largest absolute Gasteiger partial charge is 0.0887 e. The summed E-state index contributed by atoms with van der Waals surface area (Å²) >= 11 is 3.72. The molecular weight excluding hydrogens is 176 g/mol. The zero-order chi connectivity index (χ0) is 6.01. The maximum atomic E-state index is 3.72. The molecule has 1 heteroatoms. The van der Waals surface area contributed by atoms with Crippen LogP contribution in [0.15, 0.2) is 0 Å². The van der Waals surface area contributed by atoms with Gasteiger partial charge in [-0.25, -0.2) is 0 Å². The average Bonchev–Trinajstić information content (AvgIpc) is 1.79. The van der Waals surface area contributed by atoms with Gasteiger partial charge >= 0.3 is 0 Å². The van der Waals surface area contributed by atoms with Gasteiger partial charge in [0.25, 0.3) is 0 Å². The molecule has 5 atom stereocenters. The molecule has 5 unspecified atom stereocenters. The molecule has 3 aliphatic rings. The average molecular weight is 187 g/mol. The Morgan fingerprint density at radius 2 is 1.78 bits per heavy atom. The van der Waals surface area contributed by atoms with Gasteiger partial charge < -0.3 is 0 Å². The van der Waals surface area contributed by atoms with Crippen molar-refractivity contribution >= 4 is 15.9 Å². The van der Waals surface area contributed by atoms with Crippen LogP contribution < -0.4 is 0 Å². The lowest BCUT2D eigenvalue weighted by molar-refractivity contribution is -0.157. The van der Waals surface area contributed by atoms with Gasteiger partial charge in [0.05, 0.1) is 0 Å². The first-order valence-corrected chi connectivity index (χ1v) is 4.93. The van der Waals surface area contributed by atoms with E-state index in [9.17, 15) is 0 Å². The van der Waals surface area contributed by atoms with Gasteiger partial charge in [-0.15, -0.1) is 0 Å². The summed E-state index contributed by atoms with van der Waals surface area (Å²) in [5, 5.41) is 0. The Hall–Kier alpha value is 0.480. The van der Waals surface area contributed by atoms with Gasteiger partial charge in [-0.1, -0.05) is 15.9 Å². The Kier molecular flexibility index (Phi) is 0.798. The highest BCUT2D eigenvalue weighted by Crippen LogP contribution is 2.68. The third-order valence-electron chi connectivity index (χ3n) is 3.84. The topological polar surface area (TPSA) is 0 Å². The van der Waals surface area contributed by atoms with Crippen molar-refractivity contribution in [3.05, 3.63) is 0 Å². The quantitative estimate of drug-likeness (QED) is 0.511. The van der Waals surface area contributed by atoms with E-state index in [0.717, 1.165) is 10.7 Å². The second-order valence-electron chi connectivity index (χ2n) is 3.90. The predicted molar refractivity (Wildman–Crippen MR) is 40.5 cm³/mol. The number of hydrogen-bond donors (Lipinski definition) is 0. The van der Waals surface area contributed by atoms with E-state index < -0.39 is 0 Å². The molecule has 0 aliphatic heterocycles. The zero-order valence-corrected chi connectivity index (χ0v) is 6.97. The van der Waals surface area contributed by atoms with Crippen LogP contribution in [0.5, 0.6) is 0 Å². The second-order valence-corrected chi connectivity index (χ2v) is 5.07. The summed E-state index contributed by atoms with van der Waals surface area (Å²) in [4.78, 5) is 0.920. The van der Waals surface area contributed by atoms with Crippen LogP contribution in [-0.4, -0.2) is 4.83 Å². The number of hydrogen-bond acceptors (Lipinski definition) is 0. The van der Waals surface area contributed by atoms with E-state index in [0.29, 0.717) is 0 Å². The summed E-state index contributed by atoms with van der Waals surface area (Å²) in [7, 11) is 0. The van der Waals surface area contributed by atoms with Crippen molar-refractivity contribution < 1.29 is 0 Å². The van der Waals surface area contributed by atoms with Crippen LogP contribution >= 0.6 is 15.9 Å². The van der Waals surface area contributed by atoms with Gasteiger partial charge in [0.2, 0.25) is 0 Å². The maximum Gasteiger partial charge on any atom is 0.0182 e. The molecule has 0 radical (unpaired) electrons. The molecule has 0 amide bonds. The van der Waals surface area contributed by atoms with Gasteiger partial charge in [-0.05, 0) is 42.9 Å². The van der Waals surface area contributed by atoms with Crippen LogP contribution in [0, 0.1) is 23.7 Å². The molecule has 0 heterocycles. The van der Waals surface area contributed by atoms with Crippen LogP contribution in [0.25, 0.3) is 0 Å². The lowest BCUT2D eigenvalue weighted by atomic mass is 9.39. The molecule has 0 nitrogen and oxygen atoms in total. The summed E-state index contributed by atoms with van der Waals surface area (Å²) in [6.45, 7) is 0. The monoisotopic (exact) mass is 186 g/mol. The van der Waals surface area contributed by atoms with Crippen molar-refractivity contribution in [1.82, 2.24) is 0 Å². The minimum absolute atomic E-state index is 0.920. The molecule has 50 valence electrons.